The van der Waals surface area contributed by atoms with Crippen LogP contribution in [-0.4, -0.2) is 48.4 Å². The van der Waals surface area contributed by atoms with Crippen molar-refractivity contribution < 1.29 is 5.11 Å². The number of aliphatic hydroxyl groups excluding tert-OH is 1. The lowest BCUT2D eigenvalue weighted by molar-refractivity contribution is 0.161. The first-order chi connectivity index (χ1) is 8.18. The minimum Gasteiger partial charge on any atom is -0.393 e. The summed E-state index contributed by atoms with van der Waals surface area (Å²) in [5.74, 6) is 1.82. The summed E-state index contributed by atoms with van der Waals surface area (Å²) < 4.78 is 0. The molecule has 5 heteroatoms. The standard InChI is InChI=1S/C12H20N4O/c1-15(2)11-12(14-7-6-13-11)16-8-3-4-10(17)5-9-16/h6-7,10,17H,3-5,8-9H2,1-2H3. The molecule has 0 bridgehead atoms. The van der Waals surface area contributed by atoms with Crippen LogP contribution < -0.4 is 9.80 Å². The Bertz CT molecular complexity index is 369. The second-order valence-corrected chi connectivity index (χ2v) is 4.67. The molecular formula is C12H20N4O. The van der Waals surface area contributed by atoms with Crippen molar-refractivity contribution in [2.45, 2.75) is 25.4 Å². The predicted molar refractivity (Wildman–Crippen MR) is 68.4 cm³/mol. The molecule has 0 aliphatic carbocycles. The molecule has 0 radical (unpaired) electrons. The molecular weight excluding hydrogens is 216 g/mol. The van der Waals surface area contributed by atoms with Gasteiger partial charge in [-0.05, 0) is 19.3 Å². The molecule has 1 fully saturated rings. The number of hydrogen-bond acceptors (Lipinski definition) is 5. The summed E-state index contributed by atoms with van der Waals surface area (Å²) in [5.41, 5.74) is 0. The van der Waals surface area contributed by atoms with Crippen molar-refractivity contribution >= 4 is 11.6 Å². The van der Waals surface area contributed by atoms with Gasteiger partial charge in [-0.3, -0.25) is 0 Å². The van der Waals surface area contributed by atoms with Crippen LogP contribution in [0.5, 0.6) is 0 Å². The third kappa shape index (κ3) is 2.85. The third-order valence-corrected chi connectivity index (χ3v) is 3.08. The molecule has 94 valence electrons. The lowest BCUT2D eigenvalue weighted by Gasteiger charge is -2.25. The molecule has 0 spiro atoms. The molecule has 17 heavy (non-hydrogen) atoms. The van der Waals surface area contributed by atoms with E-state index in [0.29, 0.717) is 0 Å². The summed E-state index contributed by atoms with van der Waals surface area (Å²) in [5, 5.41) is 9.66. The van der Waals surface area contributed by atoms with Crippen LogP contribution in [-0.2, 0) is 0 Å². The van der Waals surface area contributed by atoms with Gasteiger partial charge in [0.25, 0.3) is 0 Å². The van der Waals surface area contributed by atoms with E-state index in [1.54, 1.807) is 12.4 Å². The van der Waals surface area contributed by atoms with Gasteiger partial charge in [-0.25, -0.2) is 9.97 Å². The Morgan fingerprint density at radius 3 is 2.76 bits per heavy atom. The van der Waals surface area contributed by atoms with Gasteiger partial charge in [0, 0.05) is 39.6 Å². The SMILES string of the molecule is CN(C)c1nccnc1N1CCCC(O)CC1. The van der Waals surface area contributed by atoms with Crippen LogP contribution in [0.15, 0.2) is 12.4 Å². The minimum atomic E-state index is -0.167. The molecule has 5 nitrogen and oxygen atoms in total. The van der Waals surface area contributed by atoms with Gasteiger partial charge in [-0.15, -0.1) is 0 Å². The number of hydrogen-bond donors (Lipinski definition) is 1. The van der Waals surface area contributed by atoms with Crippen molar-refractivity contribution in [3.63, 3.8) is 0 Å². The van der Waals surface area contributed by atoms with Gasteiger partial charge in [0.2, 0.25) is 0 Å². The molecule has 1 aromatic rings. The maximum absolute atomic E-state index is 9.66. The maximum atomic E-state index is 9.66. The normalized spacial score (nSPS) is 21.1. The van der Waals surface area contributed by atoms with Crippen LogP contribution in [0, 0.1) is 0 Å². The number of aromatic nitrogens is 2. The highest BCUT2D eigenvalue weighted by Crippen LogP contribution is 2.24. The van der Waals surface area contributed by atoms with Crippen LogP contribution >= 0.6 is 0 Å². The molecule has 1 unspecified atom stereocenters. The van der Waals surface area contributed by atoms with Crippen LogP contribution in [0.25, 0.3) is 0 Å². The first-order valence-electron chi connectivity index (χ1n) is 6.10. The van der Waals surface area contributed by atoms with E-state index in [1.165, 1.54) is 0 Å². The molecule has 1 aliphatic heterocycles. The fourth-order valence-corrected chi connectivity index (χ4v) is 2.15. The molecule has 0 amide bonds. The largest absolute Gasteiger partial charge is 0.393 e. The summed E-state index contributed by atoms with van der Waals surface area (Å²) in [6.07, 6.45) is 5.97. The van der Waals surface area contributed by atoms with Crippen LogP contribution in [0.3, 0.4) is 0 Å². The topological polar surface area (TPSA) is 52.5 Å². The molecule has 1 atom stereocenters. The van der Waals surface area contributed by atoms with Gasteiger partial charge in [-0.2, -0.15) is 0 Å². The quantitative estimate of drug-likeness (QED) is 0.826. The highest BCUT2D eigenvalue weighted by atomic mass is 16.3. The van der Waals surface area contributed by atoms with Crippen molar-refractivity contribution in [1.29, 1.82) is 0 Å². The van der Waals surface area contributed by atoms with E-state index in [1.807, 2.05) is 19.0 Å². The molecule has 2 heterocycles. The lowest BCUT2D eigenvalue weighted by atomic mass is 10.2. The Labute approximate surface area is 102 Å². The number of rotatable bonds is 2. The van der Waals surface area contributed by atoms with E-state index >= 15 is 0 Å². The molecule has 1 aromatic heterocycles. The maximum Gasteiger partial charge on any atom is 0.171 e. The van der Waals surface area contributed by atoms with Crippen LogP contribution in [0.2, 0.25) is 0 Å². The third-order valence-electron chi connectivity index (χ3n) is 3.08. The van der Waals surface area contributed by atoms with E-state index in [4.69, 9.17) is 0 Å². The zero-order valence-electron chi connectivity index (χ0n) is 10.5. The van der Waals surface area contributed by atoms with E-state index in [2.05, 4.69) is 14.9 Å². The Morgan fingerprint density at radius 1 is 1.24 bits per heavy atom. The molecule has 2 rings (SSSR count). The van der Waals surface area contributed by atoms with Crippen LogP contribution in [0.1, 0.15) is 19.3 Å². The zero-order chi connectivity index (χ0) is 12.3. The molecule has 1 aliphatic rings. The molecule has 1 N–H and O–H groups in total. The van der Waals surface area contributed by atoms with Crippen molar-refractivity contribution in [1.82, 2.24) is 9.97 Å². The van der Waals surface area contributed by atoms with Crippen molar-refractivity contribution in [3.8, 4) is 0 Å². The highest BCUT2D eigenvalue weighted by molar-refractivity contribution is 5.61. The van der Waals surface area contributed by atoms with Gasteiger partial charge >= 0.3 is 0 Å². The Morgan fingerprint density at radius 2 is 2.00 bits per heavy atom. The number of anilines is 2. The average molecular weight is 236 g/mol. The van der Waals surface area contributed by atoms with Gasteiger partial charge in [0.15, 0.2) is 11.6 Å². The van der Waals surface area contributed by atoms with Gasteiger partial charge < -0.3 is 14.9 Å². The summed E-state index contributed by atoms with van der Waals surface area (Å²) >= 11 is 0. The summed E-state index contributed by atoms with van der Waals surface area (Å²) in [6.45, 7) is 1.79. The smallest absolute Gasteiger partial charge is 0.171 e. The Kier molecular flexibility index (Phi) is 3.78. The summed E-state index contributed by atoms with van der Waals surface area (Å²) in [7, 11) is 3.94. The predicted octanol–water partition coefficient (Wildman–Crippen LogP) is 0.894. The van der Waals surface area contributed by atoms with Crippen molar-refractivity contribution in [2.24, 2.45) is 0 Å². The first kappa shape index (κ1) is 12.1. The molecule has 1 saturated heterocycles. The van der Waals surface area contributed by atoms with Crippen LogP contribution in [0.4, 0.5) is 11.6 Å². The second-order valence-electron chi connectivity index (χ2n) is 4.67. The van der Waals surface area contributed by atoms with Crippen molar-refractivity contribution in [2.75, 3.05) is 37.0 Å². The van der Waals surface area contributed by atoms with E-state index in [0.717, 1.165) is 44.0 Å². The van der Waals surface area contributed by atoms with E-state index < -0.39 is 0 Å². The fourth-order valence-electron chi connectivity index (χ4n) is 2.15. The molecule has 0 saturated carbocycles. The zero-order valence-corrected chi connectivity index (χ0v) is 10.5. The number of nitrogens with zero attached hydrogens (tertiary/aromatic N) is 4. The summed E-state index contributed by atoms with van der Waals surface area (Å²) in [6, 6.07) is 0. The Hall–Kier alpha value is -1.36. The highest BCUT2D eigenvalue weighted by Gasteiger charge is 2.19. The monoisotopic (exact) mass is 236 g/mol. The lowest BCUT2D eigenvalue weighted by Crippen LogP contribution is -2.28. The minimum absolute atomic E-state index is 0.167. The Balaban J connectivity index is 2.21. The summed E-state index contributed by atoms with van der Waals surface area (Å²) in [4.78, 5) is 13.0. The second kappa shape index (κ2) is 5.31. The first-order valence-corrected chi connectivity index (χ1v) is 6.10. The van der Waals surface area contributed by atoms with E-state index in [-0.39, 0.29) is 6.10 Å². The average Bonchev–Trinajstić information content (AvgIpc) is 2.54. The molecule has 0 aromatic carbocycles. The van der Waals surface area contributed by atoms with E-state index in [9.17, 15) is 5.11 Å². The van der Waals surface area contributed by atoms with Crippen molar-refractivity contribution in [3.05, 3.63) is 12.4 Å². The van der Waals surface area contributed by atoms with Gasteiger partial charge in [0.05, 0.1) is 6.10 Å². The fraction of sp³-hybridized carbons (Fsp3) is 0.667. The van der Waals surface area contributed by atoms with Gasteiger partial charge in [0.1, 0.15) is 0 Å². The number of aliphatic hydroxyl groups is 1. The van der Waals surface area contributed by atoms with Gasteiger partial charge in [-0.1, -0.05) is 0 Å².